The minimum absolute atomic E-state index is 0.240. The van der Waals surface area contributed by atoms with Crippen molar-refractivity contribution in [3.8, 4) is 0 Å². The average molecular weight is 396 g/mol. The third-order valence-corrected chi connectivity index (χ3v) is 4.45. The molecule has 1 saturated heterocycles. The Balaban J connectivity index is 1.74. The maximum atomic E-state index is 12.8. The second-order valence-corrected chi connectivity index (χ2v) is 6.62. The quantitative estimate of drug-likeness (QED) is 0.834. The monoisotopic (exact) mass is 396 g/mol. The third-order valence-electron chi connectivity index (χ3n) is 4.45. The summed E-state index contributed by atoms with van der Waals surface area (Å²) in [4.78, 5) is 26.4. The van der Waals surface area contributed by atoms with E-state index in [1.807, 2.05) is 0 Å². The molecule has 0 aliphatic carbocycles. The van der Waals surface area contributed by atoms with E-state index in [9.17, 15) is 27.9 Å². The van der Waals surface area contributed by atoms with Crippen LogP contribution >= 0.6 is 0 Å². The van der Waals surface area contributed by atoms with Gasteiger partial charge in [-0.2, -0.15) is 18.3 Å². The lowest BCUT2D eigenvalue weighted by Gasteiger charge is -2.30. The van der Waals surface area contributed by atoms with E-state index in [0.29, 0.717) is 35.7 Å². The number of anilines is 1. The molecule has 2 aromatic rings. The van der Waals surface area contributed by atoms with Crippen LogP contribution in [-0.2, 0) is 13.2 Å². The molecular weight excluding hydrogens is 377 g/mol. The molecular formula is C18H19F3N4O3. The van der Waals surface area contributed by atoms with E-state index in [1.165, 1.54) is 17.0 Å². The van der Waals surface area contributed by atoms with Gasteiger partial charge in [-0.25, -0.2) is 0 Å². The number of nitrogens with one attached hydrogen (secondary N) is 1. The van der Waals surface area contributed by atoms with Gasteiger partial charge in [0.05, 0.1) is 6.10 Å². The number of benzene rings is 1. The zero-order valence-corrected chi connectivity index (χ0v) is 15.0. The fourth-order valence-electron chi connectivity index (χ4n) is 3.09. The summed E-state index contributed by atoms with van der Waals surface area (Å²) in [6.45, 7) is 0.768. The summed E-state index contributed by atoms with van der Waals surface area (Å²) in [6.07, 6.45) is -3.84. The molecule has 0 saturated carbocycles. The predicted octanol–water partition coefficient (Wildman–Crippen LogP) is 2.29. The summed E-state index contributed by atoms with van der Waals surface area (Å²) in [7, 11) is 1.10. The zero-order chi connectivity index (χ0) is 20.5. The van der Waals surface area contributed by atoms with Crippen molar-refractivity contribution < 1.29 is 27.9 Å². The zero-order valence-electron chi connectivity index (χ0n) is 15.0. The first kappa shape index (κ1) is 19.9. The smallest absolute Gasteiger partial charge is 0.391 e. The van der Waals surface area contributed by atoms with Crippen LogP contribution in [0.5, 0.6) is 0 Å². The van der Waals surface area contributed by atoms with E-state index in [-0.39, 0.29) is 23.8 Å². The van der Waals surface area contributed by atoms with E-state index in [1.54, 1.807) is 12.1 Å². The van der Waals surface area contributed by atoms with Crippen LogP contribution in [0.2, 0.25) is 0 Å². The molecule has 1 fully saturated rings. The number of aliphatic hydroxyl groups excluding tert-OH is 1. The van der Waals surface area contributed by atoms with E-state index in [4.69, 9.17) is 0 Å². The Morgan fingerprint density at radius 3 is 2.68 bits per heavy atom. The molecule has 1 aliphatic rings. The number of aliphatic hydroxyl groups is 1. The number of carbonyl (C=O) groups is 2. The SMILES string of the molecule is Cn1nc(C(=O)Nc2cccc(C(=O)N3CCCC(O)C3)c2)cc1C(F)(F)F. The first-order valence-electron chi connectivity index (χ1n) is 8.65. The standard InChI is InChI=1S/C18H19F3N4O3/c1-24-15(18(19,20)21)9-14(23-24)16(27)22-12-5-2-4-11(8-12)17(28)25-7-3-6-13(26)10-25/h2,4-5,8-9,13,26H,3,6-7,10H2,1H3,(H,22,27). The van der Waals surface area contributed by atoms with Gasteiger partial charge in [-0.05, 0) is 31.0 Å². The van der Waals surface area contributed by atoms with Crippen LogP contribution in [0, 0.1) is 0 Å². The van der Waals surface area contributed by atoms with E-state index < -0.39 is 23.9 Å². The van der Waals surface area contributed by atoms with Gasteiger partial charge >= 0.3 is 6.18 Å². The number of amides is 2. The van der Waals surface area contributed by atoms with Crippen LogP contribution < -0.4 is 5.32 Å². The van der Waals surface area contributed by atoms with Gasteiger partial charge in [0.15, 0.2) is 5.69 Å². The van der Waals surface area contributed by atoms with Crippen molar-refractivity contribution >= 4 is 17.5 Å². The number of aryl methyl sites for hydroxylation is 1. The summed E-state index contributed by atoms with van der Waals surface area (Å²) in [5.74, 6) is -1.10. The number of nitrogens with zero attached hydrogens (tertiary/aromatic N) is 3. The highest BCUT2D eigenvalue weighted by Crippen LogP contribution is 2.29. The Morgan fingerprint density at radius 1 is 1.29 bits per heavy atom. The van der Waals surface area contributed by atoms with Gasteiger partial charge in [0, 0.05) is 37.5 Å². The molecule has 2 N–H and O–H groups in total. The largest absolute Gasteiger partial charge is 0.433 e. The summed E-state index contributed by atoms with van der Waals surface area (Å²) in [6, 6.07) is 6.76. The summed E-state index contributed by atoms with van der Waals surface area (Å²) < 4.78 is 39.1. The van der Waals surface area contributed by atoms with Gasteiger partial charge in [0.1, 0.15) is 5.69 Å². The number of hydrogen-bond acceptors (Lipinski definition) is 4. The molecule has 28 heavy (non-hydrogen) atoms. The molecule has 0 bridgehead atoms. The van der Waals surface area contributed by atoms with Crippen molar-refractivity contribution in [2.45, 2.75) is 25.1 Å². The van der Waals surface area contributed by atoms with Crippen molar-refractivity contribution in [1.29, 1.82) is 0 Å². The lowest BCUT2D eigenvalue weighted by molar-refractivity contribution is -0.143. The first-order valence-corrected chi connectivity index (χ1v) is 8.65. The number of β-amino-alcohol motifs (C(OH)–C–C–N with tert-alkyl or cyclic N) is 1. The molecule has 150 valence electrons. The molecule has 1 atom stereocenters. The molecule has 1 unspecified atom stereocenters. The fourth-order valence-corrected chi connectivity index (χ4v) is 3.09. The topological polar surface area (TPSA) is 87.5 Å². The molecule has 0 spiro atoms. The summed E-state index contributed by atoms with van der Waals surface area (Å²) in [5.41, 5.74) is -0.854. The molecule has 7 nitrogen and oxygen atoms in total. The van der Waals surface area contributed by atoms with E-state index >= 15 is 0 Å². The Labute approximate surface area is 158 Å². The number of hydrogen-bond donors (Lipinski definition) is 2. The highest BCUT2D eigenvalue weighted by Gasteiger charge is 2.35. The van der Waals surface area contributed by atoms with Gasteiger partial charge in [-0.3, -0.25) is 14.3 Å². The van der Waals surface area contributed by atoms with Crippen molar-refractivity contribution in [3.63, 3.8) is 0 Å². The van der Waals surface area contributed by atoms with E-state index in [2.05, 4.69) is 10.4 Å². The second kappa shape index (κ2) is 7.63. The minimum atomic E-state index is -4.62. The van der Waals surface area contributed by atoms with Crippen molar-refractivity contribution in [2.75, 3.05) is 18.4 Å². The van der Waals surface area contributed by atoms with Crippen molar-refractivity contribution in [2.24, 2.45) is 7.05 Å². The lowest BCUT2D eigenvalue weighted by atomic mass is 10.1. The van der Waals surface area contributed by atoms with Crippen LogP contribution in [0.25, 0.3) is 0 Å². The number of piperidine rings is 1. The number of aromatic nitrogens is 2. The fraction of sp³-hybridized carbons (Fsp3) is 0.389. The first-order chi connectivity index (χ1) is 13.1. The Kier molecular flexibility index (Phi) is 5.41. The summed E-state index contributed by atoms with van der Waals surface area (Å²) in [5, 5.41) is 15.8. The summed E-state index contributed by atoms with van der Waals surface area (Å²) >= 11 is 0. The van der Waals surface area contributed by atoms with Crippen molar-refractivity contribution in [1.82, 2.24) is 14.7 Å². The molecule has 10 heteroatoms. The third kappa shape index (κ3) is 4.33. The molecule has 2 heterocycles. The Morgan fingerprint density at radius 2 is 2.04 bits per heavy atom. The van der Waals surface area contributed by atoms with Gasteiger partial charge in [-0.1, -0.05) is 6.07 Å². The number of likely N-dealkylation sites (tertiary alicyclic amines) is 1. The Bertz CT molecular complexity index is 894. The second-order valence-electron chi connectivity index (χ2n) is 6.62. The molecule has 0 radical (unpaired) electrons. The van der Waals surface area contributed by atoms with E-state index in [0.717, 1.165) is 7.05 Å². The van der Waals surface area contributed by atoms with Gasteiger partial charge in [0.25, 0.3) is 11.8 Å². The highest BCUT2D eigenvalue weighted by atomic mass is 19.4. The van der Waals surface area contributed by atoms with Crippen LogP contribution in [-0.4, -0.2) is 50.8 Å². The lowest BCUT2D eigenvalue weighted by Crippen LogP contribution is -2.42. The highest BCUT2D eigenvalue weighted by molar-refractivity contribution is 6.04. The molecule has 1 aromatic carbocycles. The van der Waals surface area contributed by atoms with Crippen LogP contribution in [0.4, 0.5) is 18.9 Å². The Hall–Kier alpha value is -2.88. The number of alkyl halides is 3. The molecule has 2 amide bonds. The number of halogens is 3. The van der Waals surface area contributed by atoms with Gasteiger partial charge < -0.3 is 15.3 Å². The molecule has 1 aromatic heterocycles. The van der Waals surface area contributed by atoms with Crippen LogP contribution in [0.3, 0.4) is 0 Å². The normalized spacial score (nSPS) is 17.5. The number of carbonyl (C=O) groups excluding carboxylic acids is 2. The number of rotatable bonds is 3. The maximum Gasteiger partial charge on any atom is 0.433 e. The van der Waals surface area contributed by atoms with Gasteiger partial charge in [-0.15, -0.1) is 0 Å². The molecule has 3 rings (SSSR count). The minimum Gasteiger partial charge on any atom is -0.391 e. The van der Waals surface area contributed by atoms with Gasteiger partial charge in [0.2, 0.25) is 0 Å². The van der Waals surface area contributed by atoms with Crippen LogP contribution in [0.1, 0.15) is 39.4 Å². The molecule has 1 aliphatic heterocycles. The maximum absolute atomic E-state index is 12.8. The average Bonchev–Trinajstić information content (AvgIpc) is 3.04. The van der Waals surface area contributed by atoms with Crippen molar-refractivity contribution in [3.05, 3.63) is 47.3 Å². The predicted molar refractivity (Wildman–Crippen MR) is 93.7 cm³/mol. The van der Waals surface area contributed by atoms with Crippen LogP contribution in [0.15, 0.2) is 30.3 Å².